The average Bonchev–Trinajstić information content (AvgIpc) is 2.86. The first-order valence-electron chi connectivity index (χ1n) is 11.6. The second-order valence-electron chi connectivity index (χ2n) is 9.07. The highest BCUT2D eigenvalue weighted by Gasteiger charge is 2.53. The maximum atomic E-state index is 11.7. The Hall–Kier alpha value is -1.13. The fourth-order valence-corrected chi connectivity index (χ4v) is 4.45. The summed E-state index contributed by atoms with van der Waals surface area (Å²) in [4.78, 5) is 11.7. The van der Waals surface area contributed by atoms with Crippen molar-refractivity contribution in [2.24, 2.45) is 0 Å². The zero-order chi connectivity index (χ0) is 27.6. The minimum Gasteiger partial charge on any atom is -0.394 e. The van der Waals surface area contributed by atoms with Gasteiger partial charge in [-0.15, -0.1) is 0 Å². The van der Waals surface area contributed by atoms with Crippen LogP contribution in [0, 0.1) is 0 Å². The highest BCUT2D eigenvalue weighted by molar-refractivity contribution is 5.73. The predicted molar refractivity (Wildman–Crippen MR) is 113 cm³/mol. The van der Waals surface area contributed by atoms with Gasteiger partial charge in [0.1, 0.15) is 73.2 Å². The van der Waals surface area contributed by atoms with E-state index in [1.165, 1.54) is 0 Å². The van der Waals surface area contributed by atoms with Crippen molar-refractivity contribution in [3.05, 3.63) is 0 Å². The lowest BCUT2D eigenvalue weighted by Gasteiger charge is -2.48. The molecule has 3 rings (SSSR count). The largest absolute Gasteiger partial charge is 0.394 e. The van der Waals surface area contributed by atoms with Gasteiger partial charge >= 0.3 is 0 Å². The molecule has 0 aromatic heterocycles. The molecule has 15 atom stereocenters. The van der Waals surface area contributed by atoms with Gasteiger partial charge in [0.25, 0.3) is 0 Å². The summed E-state index contributed by atoms with van der Waals surface area (Å²) in [6.45, 7) is -1.23. The SMILES string of the molecule is CC(=O)N[C@H]1[C@H](O[C@H]2[C@@H](O)[C@@H](CO)O[C@H](O[C@@H]3[C@@H](O)[C@H](O)O[C@H](CO)[C@@H]3O)[C@@H]2O)O[C@H](CO)[C@H](O)[C@@H]1O. The molecule has 0 saturated carbocycles. The van der Waals surface area contributed by atoms with E-state index in [1.807, 2.05) is 0 Å². The molecule has 0 bridgehead atoms. The smallest absolute Gasteiger partial charge is 0.217 e. The number of ether oxygens (including phenoxy) is 5. The maximum absolute atomic E-state index is 11.7. The lowest BCUT2D eigenvalue weighted by atomic mass is 9.95. The van der Waals surface area contributed by atoms with Crippen LogP contribution in [0.5, 0.6) is 0 Å². The second-order valence-corrected chi connectivity index (χ2v) is 9.07. The molecule has 3 fully saturated rings. The summed E-state index contributed by atoms with van der Waals surface area (Å²) in [6.07, 6.45) is -23.5. The first-order chi connectivity index (χ1) is 17.4. The average molecular weight is 545 g/mol. The quantitative estimate of drug-likeness (QED) is 0.135. The van der Waals surface area contributed by atoms with Crippen molar-refractivity contribution in [3.63, 3.8) is 0 Å². The monoisotopic (exact) mass is 545 g/mol. The van der Waals surface area contributed by atoms with Gasteiger partial charge in [-0.3, -0.25) is 4.79 Å². The molecule has 0 radical (unpaired) electrons. The van der Waals surface area contributed by atoms with Crippen molar-refractivity contribution in [1.29, 1.82) is 0 Å². The Kier molecular flexibility index (Phi) is 10.5. The zero-order valence-corrected chi connectivity index (χ0v) is 19.7. The van der Waals surface area contributed by atoms with Crippen molar-refractivity contribution in [2.75, 3.05) is 19.8 Å². The normalized spacial score (nSPS) is 49.0. The van der Waals surface area contributed by atoms with E-state index in [9.17, 15) is 55.9 Å². The van der Waals surface area contributed by atoms with E-state index < -0.39 is 118 Å². The lowest BCUT2D eigenvalue weighted by Crippen LogP contribution is -2.68. The zero-order valence-electron chi connectivity index (χ0n) is 19.7. The van der Waals surface area contributed by atoms with Crippen molar-refractivity contribution < 1.29 is 79.5 Å². The third-order valence-corrected chi connectivity index (χ3v) is 6.50. The van der Waals surface area contributed by atoms with Crippen molar-refractivity contribution in [2.45, 2.75) is 99.0 Å². The minimum atomic E-state index is -1.93. The number of hydrogen-bond donors (Lipinski definition) is 11. The van der Waals surface area contributed by atoms with Gasteiger partial charge in [0.2, 0.25) is 5.91 Å². The van der Waals surface area contributed by atoms with Crippen LogP contribution in [-0.4, -0.2) is 169 Å². The molecule has 216 valence electrons. The molecule has 17 heteroatoms. The van der Waals surface area contributed by atoms with Gasteiger partial charge in [0.05, 0.1) is 19.8 Å². The molecule has 3 aliphatic heterocycles. The van der Waals surface area contributed by atoms with Crippen LogP contribution in [0.15, 0.2) is 0 Å². The first kappa shape index (κ1) is 30.4. The Bertz CT molecular complexity index is 747. The summed E-state index contributed by atoms with van der Waals surface area (Å²) in [7, 11) is 0. The van der Waals surface area contributed by atoms with Crippen LogP contribution in [0.25, 0.3) is 0 Å². The molecule has 0 aromatic carbocycles. The molecule has 37 heavy (non-hydrogen) atoms. The summed E-state index contributed by atoms with van der Waals surface area (Å²) in [5.74, 6) is -0.655. The molecular weight excluding hydrogens is 510 g/mol. The van der Waals surface area contributed by atoms with E-state index >= 15 is 0 Å². The first-order valence-corrected chi connectivity index (χ1v) is 11.6. The van der Waals surface area contributed by atoms with Crippen molar-refractivity contribution >= 4 is 5.91 Å². The number of aliphatic hydroxyl groups is 10. The number of rotatable bonds is 8. The van der Waals surface area contributed by atoms with Crippen LogP contribution in [0.4, 0.5) is 0 Å². The summed E-state index contributed by atoms with van der Waals surface area (Å²) in [5, 5.41) is 104. The van der Waals surface area contributed by atoms with Crippen LogP contribution in [0.3, 0.4) is 0 Å². The maximum Gasteiger partial charge on any atom is 0.217 e. The third kappa shape index (κ3) is 6.38. The van der Waals surface area contributed by atoms with Gasteiger partial charge in [-0.1, -0.05) is 0 Å². The van der Waals surface area contributed by atoms with E-state index in [0.717, 1.165) is 6.92 Å². The third-order valence-electron chi connectivity index (χ3n) is 6.50. The van der Waals surface area contributed by atoms with Crippen molar-refractivity contribution in [3.8, 4) is 0 Å². The molecule has 0 spiro atoms. The van der Waals surface area contributed by atoms with E-state index in [1.54, 1.807) is 0 Å². The fourth-order valence-electron chi connectivity index (χ4n) is 4.45. The van der Waals surface area contributed by atoms with Crippen molar-refractivity contribution in [1.82, 2.24) is 5.32 Å². The number of aliphatic hydroxyl groups excluding tert-OH is 10. The molecule has 1 amide bonds. The van der Waals surface area contributed by atoms with E-state index in [4.69, 9.17) is 23.7 Å². The Morgan fingerprint density at radius 1 is 0.649 bits per heavy atom. The predicted octanol–water partition coefficient (Wildman–Crippen LogP) is -7.43. The molecule has 0 aliphatic carbocycles. The summed E-state index contributed by atoms with van der Waals surface area (Å²) in [5.41, 5.74) is 0. The summed E-state index contributed by atoms with van der Waals surface area (Å²) in [6, 6.07) is -1.43. The van der Waals surface area contributed by atoms with E-state index in [2.05, 4.69) is 5.32 Å². The standard InChI is InChI=1S/C20H35NO16/c1-5(25)21-9-13(29)10(26)6(2-22)34-19(9)36-17-12(28)8(4-24)35-20(15(17)31)37-16-11(27)7(3-23)33-18(32)14(16)30/h6-20,22-24,26-32H,2-4H2,1H3,(H,21,25)/t6-,7-,8-,9-,10+,11+,12+,13-,14-,15-,16+,17+,18-,19+,20-/m1/s1. The molecule has 11 N–H and O–H groups in total. The molecule has 17 nitrogen and oxygen atoms in total. The summed E-state index contributed by atoms with van der Waals surface area (Å²) >= 11 is 0. The second kappa shape index (κ2) is 12.8. The Morgan fingerprint density at radius 2 is 1.11 bits per heavy atom. The molecule has 3 aliphatic rings. The molecule has 0 aromatic rings. The molecular formula is C20H35NO16. The number of amides is 1. The molecule has 0 unspecified atom stereocenters. The Balaban J connectivity index is 1.83. The van der Waals surface area contributed by atoms with Gasteiger partial charge in [0, 0.05) is 6.92 Å². The number of nitrogens with one attached hydrogen (secondary N) is 1. The summed E-state index contributed by atoms with van der Waals surface area (Å²) < 4.78 is 26.8. The fraction of sp³-hybridized carbons (Fsp3) is 0.950. The lowest BCUT2D eigenvalue weighted by molar-refractivity contribution is -0.373. The molecule has 3 saturated heterocycles. The van der Waals surface area contributed by atoms with Crippen LogP contribution in [-0.2, 0) is 28.5 Å². The Morgan fingerprint density at radius 3 is 1.65 bits per heavy atom. The number of hydrogen-bond acceptors (Lipinski definition) is 16. The van der Waals surface area contributed by atoms with Crippen LogP contribution >= 0.6 is 0 Å². The van der Waals surface area contributed by atoms with Crippen LogP contribution in [0.2, 0.25) is 0 Å². The van der Waals surface area contributed by atoms with Crippen LogP contribution in [0.1, 0.15) is 6.92 Å². The topological polar surface area (TPSA) is 278 Å². The Labute approximate surface area is 210 Å². The van der Waals surface area contributed by atoms with Gasteiger partial charge in [-0.05, 0) is 0 Å². The number of carbonyl (C=O) groups is 1. The van der Waals surface area contributed by atoms with Gasteiger partial charge in [-0.2, -0.15) is 0 Å². The van der Waals surface area contributed by atoms with Gasteiger partial charge in [-0.25, -0.2) is 0 Å². The highest BCUT2D eigenvalue weighted by Crippen LogP contribution is 2.32. The van der Waals surface area contributed by atoms with Gasteiger partial charge in [0.15, 0.2) is 18.9 Å². The minimum absolute atomic E-state index is 0.655. The van der Waals surface area contributed by atoms with Gasteiger partial charge < -0.3 is 80.1 Å². The van der Waals surface area contributed by atoms with E-state index in [-0.39, 0.29) is 0 Å². The van der Waals surface area contributed by atoms with Crippen LogP contribution < -0.4 is 5.32 Å². The molecule has 3 heterocycles. The van der Waals surface area contributed by atoms with E-state index in [0.29, 0.717) is 0 Å². The number of carbonyl (C=O) groups excluding carboxylic acids is 1. The highest BCUT2D eigenvalue weighted by atomic mass is 16.7.